The van der Waals surface area contributed by atoms with Crippen LogP contribution in [0, 0.1) is 0 Å². The Hall–Kier alpha value is -0.770. The molecule has 5 nitrogen and oxygen atoms in total. The molecule has 5 heteroatoms. The van der Waals surface area contributed by atoms with E-state index in [-0.39, 0.29) is 6.04 Å². The van der Waals surface area contributed by atoms with Crippen LogP contribution >= 0.6 is 0 Å². The fourth-order valence-electron chi connectivity index (χ4n) is 2.22. The largest absolute Gasteiger partial charge is 0.391 e. The molecule has 0 bridgehead atoms. The second-order valence-corrected chi connectivity index (χ2v) is 4.49. The van der Waals surface area contributed by atoms with Crippen molar-refractivity contribution < 1.29 is 5.11 Å². The molecule has 0 saturated carbocycles. The molecule has 0 aliphatic carbocycles. The highest BCUT2D eigenvalue weighted by Crippen LogP contribution is 2.13. The Kier molecular flexibility index (Phi) is 6.23. The van der Waals surface area contributed by atoms with Crippen molar-refractivity contribution in [2.24, 2.45) is 5.11 Å². The molecular formula is C11H22N4O. The lowest BCUT2D eigenvalue weighted by Crippen LogP contribution is -2.40. The number of nitrogens with zero attached hydrogens (tertiary/aromatic N) is 4. The zero-order valence-electron chi connectivity index (χ0n) is 10.0. The van der Waals surface area contributed by atoms with E-state index in [4.69, 9.17) is 5.53 Å². The van der Waals surface area contributed by atoms with Gasteiger partial charge in [0, 0.05) is 11.5 Å². The van der Waals surface area contributed by atoms with Crippen molar-refractivity contribution in [3.05, 3.63) is 10.4 Å². The van der Waals surface area contributed by atoms with E-state index in [9.17, 15) is 5.11 Å². The van der Waals surface area contributed by atoms with Gasteiger partial charge in [0.15, 0.2) is 0 Å². The summed E-state index contributed by atoms with van der Waals surface area (Å²) < 4.78 is 0. The van der Waals surface area contributed by atoms with Gasteiger partial charge in [-0.05, 0) is 37.9 Å². The molecule has 0 aromatic carbocycles. The normalized spacial score (nSPS) is 21.1. The van der Waals surface area contributed by atoms with E-state index >= 15 is 0 Å². The Morgan fingerprint density at radius 2 is 2.06 bits per heavy atom. The van der Waals surface area contributed by atoms with Gasteiger partial charge in [0.25, 0.3) is 0 Å². The Labute approximate surface area is 97.1 Å². The van der Waals surface area contributed by atoms with Crippen molar-refractivity contribution in [2.75, 3.05) is 19.6 Å². The van der Waals surface area contributed by atoms with E-state index in [1.54, 1.807) is 0 Å². The predicted octanol–water partition coefficient (Wildman–Crippen LogP) is 2.31. The monoisotopic (exact) mass is 226 g/mol. The van der Waals surface area contributed by atoms with Crippen LogP contribution in [0.3, 0.4) is 0 Å². The first-order chi connectivity index (χ1) is 7.77. The summed E-state index contributed by atoms with van der Waals surface area (Å²) in [5, 5.41) is 13.7. The highest BCUT2D eigenvalue weighted by Gasteiger charge is 2.21. The van der Waals surface area contributed by atoms with Crippen LogP contribution in [0.5, 0.6) is 0 Å². The SMILES string of the molecule is CCC[C@@H](N=[N+]=[N-])[C@@H](O)CN1CCCCC1. The summed E-state index contributed by atoms with van der Waals surface area (Å²) >= 11 is 0. The van der Waals surface area contributed by atoms with Gasteiger partial charge < -0.3 is 10.0 Å². The van der Waals surface area contributed by atoms with Gasteiger partial charge in [0.05, 0.1) is 12.1 Å². The first-order valence-corrected chi connectivity index (χ1v) is 6.22. The van der Waals surface area contributed by atoms with E-state index in [2.05, 4.69) is 14.9 Å². The summed E-state index contributed by atoms with van der Waals surface area (Å²) in [4.78, 5) is 5.08. The zero-order valence-corrected chi connectivity index (χ0v) is 10.0. The number of aliphatic hydroxyl groups is 1. The molecule has 1 saturated heterocycles. The van der Waals surface area contributed by atoms with E-state index < -0.39 is 6.10 Å². The molecule has 1 aliphatic rings. The Balaban J connectivity index is 2.40. The molecule has 0 radical (unpaired) electrons. The average molecular weight is 226 g/mol. The summed E-state index contributed by atoms with van der Waals surface area (Å²) in [5.74, 6) is 0. The van der Waals surface area contributed by atoms with Crippen LogP contribution in [-0.2, 0) is 0 Å². The number of likely N-dealkylation sites (tertiary alicyclic amines) is 1. The minimum Gasteiger partial charge on any atom is -0.391 e. The highest BCUT2D eigenvalue weighted by molar-refractivity contribution is 4.79. The lowest BCUT2D eigenvalue weighted by Gasteiger charge is -2.30. The summed E-state index contributed by atoms with van der Waals surface area (Å²) in [7, 11) is 0. The molecule has 1 fully saturated rings. The number of rotatable bonds is 6. The molecule has 0 amide bonds. The van der Waals surface area contributed by atoms with Gasteiger partial charge >= 0.3 is 0 Å². The van der Waals surface area contributed by atoms with Gasteiger partial charge in [0.2, 0.25) is 0 Å². The standard InChI is InChI=1S/C11H22N4O/c1-2-6-10(13-14-12)11(16)9-15-7-4-3-5-8-15/h10-11,16H,2-9H2,1H3/t10-,11+/m1/s1. The van der Waals surface area contributed by atoms with Crippen molar-refractivity contribution >= 4 is 0 Å². The Morgan fingerprint density at radius 1 is 1.38 bits per heavy atom. The van der Waals surface area contributed by atoms with Crippen LogP contribution in [0.25, 0.3) is 10.4 Å². The third-order valence-corrected chi connectivity index (χ3v) is 3.12. The van der Waals surface area contributed by atoms with Crippen molar-refractivity contribution in [1.29, 1.82) is 0 Å². The maximum absolute atomic E-state index is 10.0. The average Bonchev–Trinajstić information content (AvgIpc) is 2.30. The zero-order chi connectivity index (χ0) is 11.8. The number of hydrogen-bond acceptors (Lipinski definition) is 3. The Morgan fingerprint density at radius 3 is 2.62 bits per heavy atom. The molecule has 0 spiro atoms. The van der Waals surface area contributed by atoms with Crippen molar-refractivity contribution in [3.63, 3.8) is 0 Å². The van der Waals surface area contributed by atoms with E-state index in [0.717, 1.165) is 25.9 Å². The lowest BCUT2D eigenvalue weighted by atomic mass is 10.0. The number of piperidine rings is 1. The summed E-state index contributed by atoms with van der Waals surface area (Å²) in [6, 6.07) is -0.267. The van der Waals surface area contributed by atoms with Crippen LogP contribution in [0.15, 0.2) is 5.11 Å². The minimum absolute atomic E-state index is 0.267. The van der Waals surface area contributed by atoms with Crippen LogP contribution in [0.4, 0.5) is 0 Å². The molecule has 16 heavy (non-hydrogen) atoms. The fraction of sp³-hybridized carbons (Fsp3) is 1.00. The fourth-order valence-corrected chi connectivity index (χ4v) is 2.22. The second kappa shape index (κ2) is 7.49. The van der Waals surface area contributed by atoms with Crippen LogP contribution in [0.1, 0.15) is 39.0 Å². The molecule has 1 heterocycles. The molecule has 92 valence electrons. The molecule has 0 unspecified atom stereocenters. The lowest BCUT2D eigenvalue weighted by molar-refractivity contribution is 0.0795. The van der Waals surface area contributed by atoms with Gasteiger partial charge in [-0.1, -0.05) is 24.9 Å². The van der Waals surface area contributed by atoms with E-state index in [1.807, 2.05) is 6.92 Å². The van der Waals surface area contributed by atoms with E-state index in [1.165, 1.54) is 19.3 Å². The molecule has 2 atom stereocenters. The van der Waals surface area contributed by atoms with Crippen molar-refractivity contribution in [2.45, 2.75) is 51.2 Å². The maximum atomic E-state index is 10.0. The molecule has 1 aliphatic heterocycles. The molecule has 0 aromatic heterocycles. The van der Waals surface area contributed by atoms with Gasteiger partial charge in [-0.25, -0.2) is 0 Å². The summed E-state index contributed by atoms with van der Waals surface area (Å²) in [6.07, 6.45) is 4.90. The number of azide groups is 1. The number of β-amino-alcohol motifs (C(OH)–C–C–N with tert-alkyl or cyclic N) is 1. The first-order valence-electron chi connectivity index (χ1n) is 6.22. The maximum Gasteiger partial charge on any atom is 0.0751 e. The summed E-state index contributed by atoms with van der Waals surface area (Å²) in [5.41, 5.74) is 8.45. The van der Waals surface area contributed by atoms with Gasteiger partial charge in [-0.15, -0.1) is 0 Å². The van der Waals surface area contributed by atoms with Crippen LogP contribution in [0.2, 0.25) is 0 Å². The smallest absolute Gasteiger partial charge is 0.0751 e. The van der Waals surface area contributed by atoms with Gasteiger partial charge in [-0.2, -0.15) is 0 Å². The first kappa shape index (κ1) is 13.3. The Bertz CT molecular complexity index is 234. The second-order valence-electron chi connectivity index (χ2n) is 4.49. The molecular weight excluding hydrogens is 204 g/mol. The molecule has 1 N–H and O–H groups in total. The van der Waals surface area contributed by atoms with Crippen LogP contribution in [-0.4, -0.2) is 41.8 Å². The topological polar surface area (TPSA) is 72.2 Å². The molecule has 1 rings (SSSR count). The highest BCUT2D eigenvalue weighted by atomic mass is 16.3. The third kappa shape index (κ3) is 4.39. The summed E-state index contributed by atoms with van der Waals surface area (Å²) in [6.45, 7) is 4.80. The minimum atomic E-state index is -0.519. The quantitative estimate of drug-likeness (QED) is 0.429. The number of hydrogen-bond donors (Lipinski definition) is 1. The predicted molar refractivity (Wildman–Crippen MR) is 64.1 cm³/mol. The third-order valence-electron chi connectivity index (χ3n) is 3.12. The molecule has 0 aromatic rings. The number of aliphatic hydroxyl groups excluding tert-OH is 1. The van der Waals surface area contributed by atoms with E-state index in [0.29, 0.717) is 6.54 Å². The van der Waals surface area contributed by atoms with Crippen molar-refractivity contribution in [1.82, 2.24) is 4.90 Å². The van der Waals surface area contributed by atoms with Crippen molar-refractivity contribution in [3.8, 4) is 0 Å². The van der Waals surface area contributed by atoms with Crippen LogP contribution < -0.4 is 0 Å². The van der Waals surface area contributed by atoms with Gasteiger partial charge in [0.1, 0.15) is 0 Å². The van der Waals surface area contributed by atoms with Gasteiger partial charge in [-0.3, -0.25) is 0 Å².